The second-order valence-corrected chi connectivity index (χ2v) is 13.0. The molecule has 1 saturated heterocycles. The summed E-state index contributed by atoms with van der Waals surface area (Å²) < 4.78 is 25.3. The quantitative estimate of drug-likeness (QED) is 0.271. The molecule has 13 nitrogen and oxygen atoms in total. The molecule has 0 bridgehead atoms. The second kappa shape index (κ2) is 12.3. The molecule has 0 aliphatic carbocycles. The van der Waals surface area contributed by atoms with Gasteiger partial charge in [0.15, 0.2) is 5.65 Å². The van der Waals surface area contributed by atoms with Crippen molar-refractivity contribution in [3.05, 3.63) is 77.2 Å². The number of amides is 1. The van der Waals surface area contributed by atoms with Crippen LogP contribution >= 0.6 is 0 Å². The second-order valence-electron chi connectivity index (χ2n) is 10.4. The minimum atomic E-state index is -2.40. The van der Waals surface area contributed by atoms with Gasteiger partial charge in [0.25, 0.3) is 5.56 Å². The molecule has 1 fully saturated rings. The molecule has 0 spiro atoms. The highest BCUT2D eigenvalue weighted by Gasteiger charge is 2.20. The van der Waals surface area contributed by atoms with Gasteiger partial charge < -0.3 is 25.0 Å². The van der Waals surface area contributed by atoms with Crippen molar-refractivity contribution in [1.29, 1.82) is 0 Å². The van der Waals surface area contributed by atoms with Gasteiger partial charge in [-0.1, -0.05) is 12.1 Å². The number of ether oxygens (including phenoxy) is 1. The maximum absolute atomic E-state index is 13.3. The number of aromatic nitrogens is 4. The van der Waals surface area contributed by atoms with Crippen molar-refractivity contribution in [3.8, 4) is 5.69 Å². The summed E-state index contributed by atoms with van der Waals surface area (Å²) >= 11 is 0. The van der Waals surface area contributed by atoms with E-state index in [1.54, 1.807) is 41.5 Å². The summed E-state index contributed by atoms with van der Waals surface area (Å²) in [7, 11) is -0.876. The van der Waals surface area contributed by atoms with Crippen molar-refractivity contribution in [2.45, 2.75) is 13.1 Å². The molecule has 43 heavy (non-hydrogen) atoms. The molecule has 0 unspecified atom stereocenters. The van der Waals surface area contributed by atoms with Crippen molar-refractivity contribution in [2.24, 2.45) is 4.36 Å². The molecule has 1 aliphatic rings. The van der Waals surface area contributed by atoms with Crippen molar-refractivity contribution < 1.29 is 18.8 Å². The molecule has 5 rings (SSSR count). The minimum absolute atomic E-state index is 0.185. The number of carbonyl (C=O) groups is 1. The van der Waals surface area contributed by atoms with Gasteiger partial charge >= 0.3 is 6.09 Å². The van der Waals surface area contributed by atoms with E-state index >= 15 is 0 Å². The lowest BCUT2D eigenvalue weighted by Crippen LogP contribution is -2.37. The number of anilines is 3. The van der Waals surface area contributed by atoms with Crippen LogP contribution in [0.25, 0.3) is 16.7 Å². The van der Waals surface area contributed by atoms with Gasteiger partial charge in [-0.15, -0.1) is 6.58 Å². The Morgan fingerprint density at radius 2 is 2.00 bits per heavy atom. The zero-order valence-corrected chi connectivity index (χ0v) is 25.1. The Morgan fingerprint density at radius 3 is 2.70 bits per heavy atom. The van der Waals surface area contributed by atoms with E-state index in [2.05, 4.69) is 26.1 Å². The van der Waals surface area contributed by atoms with E-state index in [0.717, 1.165) is 11.3 Å². The summed E-state index contributed by atoms with van der Waals surface area (Å²) in [6.45, 7) is 6.81. The molecule has 3 heterocycles. The zero-order valence-electron chi connectivity index (χ0n) is 24.3. The van der Waals surface area contributed by atoms with E-state index in [1.807, 2.05) is 24.3 Å². The fourth-order valence-electron chi connectivity index (χ4n) is 4.93. The lowest BCUT2D eigenvalue weighted by molar-refractivity contribution is 0.122. The summed E-state index contributed by atoms with van der Waals surface area (Å²) in [5, 5.41) is 13.0. The van der Waals surface area contributed by atoms with Gasteiger partial charge in [-0.2, -0.15) is 9.35 Å². The molecule has 0 radical (unpaired) electrons. The van der Waals surface area contributed by atoms with E-state index in [-0.39, 0.29) is 24.6 Å². The number of hydrogen-bond donors (Lipinski definition) is 2. The first-order valence-corrected chi connectivity index (χ1v) is 15.9. The average molecular weight is 607 g/mol. The molecule has 4 aromatic rings. The molecule has 14 heteroatoms. The predicted molar refractivity (Wildman–Crippen MR) is 168 cm³/mol. The molecule has 1 amide bonds. The van der Waals surface area contributed by atoms with Crippen LogP contribution in [0.3, 0.4) is 0 Å². The highest BCUT2D eigenvalue weighted by Crippen LogP contribution is 2.28. The minimum Gasteiger partial charge on any atom is -0.465 e. The van der Waals surface area contributed by atoms with Crippen LogP contribution in [0.5, 0.6) is 0 Å². The normalized spacial score (nSPS) is 13.6. The first kappa shape index (κ1) is 29.8. The number of hydrogen-bond acceptors (Lipinski definition) is 9. The smallest absolute Gasteiger partial charge is 0.407 e. The van der Waals surface area contributed by atoms with Gasteiger partial charge in [-0.25, -0.2) is 23.4 Å². The van der Waals surface area contributed by atoms with Crippen LogP contribution in [0, 0.1) is 0 Å². The van der Waals surface area contributed by atoms with Gasteiger partial charge in [0.2, 0.25) is 5.95 Å². The summed E-state index contributed by atoms with van der Waals surface area (Å²) in [5.74, 6) is 0.250. The zero-order chi connectivity index (χ0) is 30.7. The first-order valence-electron chi connectivity index (χ1n) is 13.6. The Morgan fingerprint density at radius 1 is 1.23 bits per heavy atom. The van der Waals surface area contributed by atoms with Crippen molar-refractivity contribution in [2.75, 3.05) is 56.1 Å². The number of nitrogens with one attached hydrogen (secondary N) is 1. The van der Waals surface area contributed by atoms with Gasteiger partial charge in [0.05, 0.1) is 37.7 Å². The fourth-order valence-corrected chi connectivity index (χ4v) is 5.55. The molecule has 2 N–H and O–H groups in total. The summed E-state index contributed by atoms with van der Waals surface area (Å²) in [6.07, 6.45) is 5.18. The number of carboxylic acid groups (broad SMARTS) is 1. The van der Waals surface area contributed by atoms with E-state index in [1.165, 1.54) is 22.8 Å². The van der Waals surface area contributed by atoms with Crippen LogP contribution in [-0.4, -0.2) is 85.5 Å². The number of allylic oxidation sites excluding steroid dienone is 1. The lowest BCUT2D eigenvalue weighted by atomic mass is 10.1. The summed E-state index contributed by atoms with van der Waals surface area (Å²) in [6, 6.07) is 12.8. The standard InChI is InChI=1S/C29H34N8O5S/c1-5-11-36-27(38)24-18-30-28(32-26(24)37(36)23-8-6-7-22(17-23)33-43(3,4)41)31-21-9-10-25(35-12-14-42-15-13-35)20(16-21)19-34(2)29(39)40/h5-10,16-18H,1,11-15,19H2,2-4H3,(H,39,40)(H,30,31,32). The van der Waals surface area contributed by atoms with Crippen molar-refractivity contribution >= 4 is 49.9 Å². The monoisotopic (exact) mass is 606 g/mol. The Hall–Kier alpha value is -4.69. The van der Waals surface area contributed by atoms with E-state index in [9.17, 15) is 18.9 Å². The Balaban J connectivity index is 1.57. The van der Waals surface area contributed by atoms with Gasteiger partial charge in [-0.05, 0) is 42.0 Å². The summed E-state index contributed by atoms with van der Waals surface area (Å²) in [5.41, 5.74) is 3.61. The molecule has 2 aromatic carbocycles. The topological polar surface area (TPSA) is 147 Å². The van der Waals surface area contributed by atoms with Crippen LogP contribution in [0.4, 0.5) is 27.8 Å². The van der Waals surface area contributed by atoms with Crippen LogP contribution < -0.4 is 15.8 Å². The highest BCUT2D eigenvalue weighted by molar-refractivity contribution is 7.92. The third-order valence-electron chi connectivity index (χ3n) is 6.80. The van der Waals surface area contributed by atoms with Crippen LogP contribution in [0.1, 0.15) is 5.56 Å². The number of rotatable bonds is 9. The van der Waals surface area contributed by atoms with Gasteiger partial charge in [0, 0.05) is 59.9 Å². The molecule has 0 saturated carbocycles. The maximum atomic E-state index is 13.3. The SMILES string of the molecule is C=CCn1c(=O)c2cnc(Nc3ccc(N4CCOCC4)c(CN(C)C(=O)O)c3)nc2n1-c1cccc(N=S(C)(C)=O)c1. The largest absolute Gasteiger partial charge is 0.465 e. The summed E-state index contributed by atoms with van der Waals surface area (Å²) in [4.78, 5) is 37.5. The first-order chi connectivity index (χ1) is 20.5. The van der Waals surface area contributed by atoms with E-state index < -0.39 is 15.8 Å². The van der Waals surface area contributed by atoms with Crippen LogP contribution in [0.15, 0.2) is 70.5 Å². The predicted octanol–water partition coefficient (Wildman–Crippen LogP) is 3.82. The lowest BCUT2D eigenvalue weighted by Gasteiger charge is -2.31. The molecule has 1 aliphatic heterocycles. The molecule has 226 valence electrons. The highest BCUT2D eigenvalue weighted by atomic mass is 32.2. The molecule has 0 atom stereocenters. The average Bonchev–Trinajstić information content (AvgIpc) is 3.23. The van der Waals surface area contributed by atoms with Gasteiger partial charge in [0.1, 0.15) is 5.39 Å². The molecule has 2 aromatic heterocycles. The Bertz CT molecular complexity index is 1860. The van der Waals surface area contributed by atoms with Crippen LogP contribution in [-0.2, 0) is 27.6 Å². The van der Waals surface area contributed by atoms with E-state index in [0.29, 0.717) is 54.4 Å². The fraction of sp³-hybridized carbons (Fsp3) is 0.310. The third-order valence-corrected chi connectivity index (χ3v) is 7.45. The Kier molecular flexibility index (Phi) is 8.50. The van der Waals surface area contributed by atoms with Crippen molar-refractivity contribution in [1.82, 2.24) is 24.2 Å². The molecular weight excluding hydrogens is 572 g/mol. The maximum Gasteiger partial charge on any atom is 0.407 e. The third kappa shape index (κ3) is 6.70. The van der Waals surface area contributed by atoms with Crippen LogP contribution in [0.2, 0.25) is 0 Å². The Labute approximate surface area is 249 Å². The van der Waals surface area contributed by atoms with Gasteiger partial charge in [-0.3, -0.25) is 4.79 Å². The number of fused-ring (bicyclic) bond motifs is 1. The number of benzene rings is 2. The van der Waals surface area contributed by atoms with E-state index in [4.69, 9.17) is 9.72 Å². The van der Waals surface area contributed by atoms with Crippen molar-refractivity contribution in [3.63, 3.8) is 0 Å². The molecular formula is C29H34N8O5S. The number of morpholine rings is 1. The number of nitrogens with zero attached hydrogens (tertiary/aromatic N) is 7.